The van der Waals surface area contributed by atoms with Crippen LogP contribution in [-0.4, -0.2) is 35.1 Å². The van der Waals surface area contributed by atoms with E-state index in [0.29, 0.717) is 25.9 Å². The van der Waals surface area contributed by atoms with Crippen LogP contribution in [0.2, 0.25) is 0 Å². The Labute approximate surface area is 188 Å². The van der Waals surface area contributed by atoms with Crippen LogP contribution >= 0.6 is 0 Å². The molecule has 2 amide bonds. The lowest BCUT2D eigenvalue weighted by atomic mass is 9.92. The maximum atomic E-state index is 12.2. The number of amides is 2. The van der Waals surface area contributed by atoms with E-state index in [1.54, 1.807) is 19.2 Å². The van der Waals surface area contributed by atoms with Crippen molar-refractivity contribution in [2.75, 3.05) is 13.7 Å². The minimum atomic E-state index is -0.664. The molecular formula is C25H31N3O4. The molecule has 1 heterocycles. The van der Waals surface area contributed by atoms with Gasteiger partial charge in [-0.25, -0.2) is 0 Å². The summed E-state index contributed by atoms with van der Waals surface area (Å²) in [6, 6.07) is 10.8. The Morgan fingerprint density at radius 1 is 1.16 bits per heavy atom. The van der Waals surface area contributed by atoms with Gasteiger partial charge in [-0.3, -0.25) is 9.59 Å². The molecule has 170 valence electrons. The fraction of sp³-hybridized carbons (Fsp3) is 0.360. The van der Waals surface area contributed by atoms with Crippen molar-refractivity contribution in [3.8, 4) is 11.5 Å². The number of aromatic hydroxyl groups is 1. The summed E-state index contributed by atoms with van der Waals surface area (Å²) in [6.45, 7) is 7.17. The molecular weight excluding hydrogens is 406 g/mol. The monoisotopic (exact) mass is 437 g/mol. The van der Waals surface area contributed by atoms with Crippen molar-refractivity contribution >= 4 is 22.7 Å². The van der Waals surface area contributed by atoms with Gasteiger partial charge in [-0.05, 0) is 53.3 Å². The highest BCUT2D eigenvalue weighted by Crippen LogP contribution is 2.28. The molecule has 0 unspecified atom stereocenters. The van der Waals surface area contributed by atoms with Crippen LogP contribution in [0.4, 0.5) is 0 Å². The van der Waals surface area contributed by atoms with E-state index in [1.807, 2.05) is 39.0 Å². The van der Waals surface area contributed by atoms with Crippen molar-refractivity contribution in [2.24, 2.45) is 11.1 Å². The van der Waals surface area contributed by atoms with Crippen molar-refractivity contribution in [2.45, 2.75) is 40.2 Å². The molecule has 3 rings (SSSR count). The Kier molecular flexibility index (Phi) is 6.77. The first-order valence-electron chi connectivity index (χ1n) is 10.6. The molecule has 3 aromatic rings. The van der Waals surface area contributed by atoms with Crippen molar-refractivity contribution in [1.82, 2.24) is 9.88 Å². The molecule has 0 bridgehead atoms. The van der Waals surface area contributed by atoms with Crippen molar-refractivity contribution in [3.63, 3.8) is 0 Å². The lowest BCUT2D eigenvalue weighted by Crippen LogP contribution is -2.29. The summed E-state index contributed by atoms with van der Waals surface area (Å²) in [7, 11) is 1.63. The van der Waals surface area contributed by atoms with Crippen molar-refractivity contribution in [3.05, 3.63) is 59.3 Å². The van der Waals surface area contributed by atoms with Gasteiger partial charge in [0, 0.05) is 36.6 Å². The van der Waals surface area contributed by atoms with Gasteiger partial charge < -0.3 is 25.5 Å². The molecule has 0 aliphatic rings. The zero-order valence-corrected chi connectivity index (χ0v) is 19.1. The van der Waals surface area contributed by atoms with Crippen LogP contribution in [0.1, 0.15) is 48.7 Å². The van der Waals surface area contributed by atoms with Gasteiger partial charge in [-0.1, -0.05) is 26.8 Å². The van der Waals surface area contributed by atoms with Gasteiger partial charge >= 0.3 is 0 Å². The molecule has 0 spiro atoms. The Balaban J connectivity index is 1.84. The number of hydrogen-bond donors (Lipinski definition) is 3. The summed E-state index contributed by atoms with van der Waals surface area (Å²) < 4.78 is 7.48. The number of nitrogens with one attached hydrogen (secondary N) is 1. The number of hydrogen-bond acceptors (Lipinski definition) is 4. The molecule has 0 aliphatic heterocycles. The van der Waals surface area contributed by atoms with E-state index in [9.17, 15) is 14.7 Å². The van der Waals surface area contributed by atoms with Gasteiger partial charge in [-0.15, -0.1) is 0 Å². The quantitative estimate of drug-likeness (QED) is 0.500. The molecule has 2 aromatic carbocycles. The van der Waals surface area contributed by atoms with Gasteiger partial charge in [0.15, 0.2) is 0 Å². The summed E-state index contributed by atoms with van der Waals surface area (Å²) in [5.41, 5.74) is 8.27. The number of phenols is 1. The molecule has 7 heteroatoms. The molecule has 7 nitrogen and oxygen atoms in total. The third kappa shape index (κ3) is 5.60. The molecule has 4 N–H and O–H groups in total. The Bertz CT molecular complexity index is 1140. The van der Waals surface area contributed by atoms with Crippen LogP contribution in [0, 0.1) is 5.41 Å². The average Bonchev–Trinajstić information content (AvgIpc) is 3.03. The highest BCUT2D eigenvalue weighted by Gasteiger charge is 2.16. The first-order valence-corrected chi connectivity index (χ1v) is 10.6. The van der Waals surface area contributed by atoms with Crippen LogP contribution in [0.3, 0.4) is 0 Å². The summed E-state index contributed by atoms with van der Waals surface area (Å²) in [6.07, 6.45) is 3.21. The fourth-order valence-corrected chi connectivity index (χ4v) is 3.77. The van der Waals surface area contributed by atoms with Crippen LogP contribution in [0.15, 0.2) is 42.6 Å². The summed E-state index contributed by atoms with van der Waals surface area (Å²) in [5.74, 6) is 0.0128. The maximum Gasteiger partial charge on any atom is 0.252 e. The van der Waals surface area contributed by atoms with Crippen molar-refractivity contribution in [1.29, 1.82) is 0 Å². The smallest absolute Gasteiger partial charge is 0.252 e. The summed E-state index contributed by atoms with van der Waals surface area (Å²) in [5, 5.41) is 14.2. The van der Waals surface area contributed by atoms with E-state index in [-0.39, 0.29) is 22.6 Å². The topological polar surface area (TPSA) is 107 Å². The lowest BCUT2D eigenvalue weighted by Gasteiger charge is -2.17. The summed E-state index contributed by atoms with van der Waals surface area (Å²) in [4.78, 5) is 23.5. The predicted octanol–water partition coefficient (Wildman–Crippen LogP) is 3.60. The first-order chi connectivity index (χ1) is 15.1. The zero-order chi connectivity index (χ0) is 23.5. The van der Waals surface area contributed by atoms with E-state index in [4.69, 9.17) is 10.5 Å². The average molecular weight is 438 g/mol. The fourth-order valence-electron chi connectivity index (χ4n) is 3.77. The number of benzene rings is 2. The molecule has 32 heavy (non-hydrogen) atoms. The van der Waals surface area contributed by atoms with Gasteiger partial charge in [0.25, 0.3) is 5.91 Å². The molecule has 1 aromatic heterocycles. The maximum absolute atomic E-state index is 12.2. The number of rotatable bonds is 8. The largest absolute Gasteiger partial charge is 0.507 e. The number of fused-ring (bicyclic) bond motifs is 1. The zero-order valence-electron chi connectivity index (χ0n) is 19.1. The third-order valence-corrected chi connectivity index (χ3v) is 5.26. The number of nitrogens with zero attached hydrogens (tertiary/aromatic N) is 1. The molecule has 0 atom stereocenters. The minimum Gasteiger partial charge on any atom is -0.507 e. The molecule has 0 saturated carbocycles. The molecule has 0 saturated heterocycles. The van der Waals surface area contributed by atoms with Gasteiger partial charge in [0.05, 0.1) is 12.7 Å². The molecule has 0 radical (unpaired) electrons. The number of nitrogens with two attached hydrogens (primary N) is 1. The highest BCUT2D eigenvalue weighted by molar-refractivity contribution is 5.95. The number of ether oxygens (including phenoxy) is 1. The number of primary amides is 1. The van der Waals surface area contributed by atoms with Crippen molar-refractivity contribution < 1.29 is 19.4 Å². The highest BCUT2D eigenvalue weighted by atomic mass is 16.5. The molecule has 0 fully saturated rings. The second-order valence-electron chi connectivity index (χ2n) is 9.22. The first kappa shape index (κ1) is 23.2. The summed E-state index contributed by atoms with van der Waals surface area (Å²) >= 11 is 0. The standard InChI is InChI=1S/C25H31N3O4/c1-25(2,3)13-23(30)27-10-9-17-15-28(21-8-6-18(32-4)12-20(17)21)14-16-5-7-19(24(26)31)22(29)11-16/h5-8,11-12,15,29H,9-10,13-14H2,1-4H3,(H2,26,31)(H,27,30). The third-order valence-electron chi connectivity index (χ3n) is 5.26. The van der Waals surface area contributed by atoms with E-state index in [0.717, 1.165) is 27.8 Å². The van der Waals surface area contributed by atoms with E-state index >= 15 is 0 Å². The Morgan fingerprint density at radius 3 is 2.53 bits per heavy atom. The predicted molar refractivity (Wildman–Crippen MR) is 125 cm³/mol. The van der Waals surface area contributed by atoms with Crippen LogP contribution in [-0.2, 0) is 17.8 Å². The van der Waals surface area contributed by atoms with Crippen LogP contribution < -0.4 is 15.8 Å². The number of aromatic nitrogens is 1. The number of carbonyl (C=O) groups excluding carboxylic acids is 2. The van der Waals surface area contributed by atoms with E-state index in [2.05, 4.69) is 16.1 Å². The normalized spacial score (nSPS) is 11.5. The van der Waals surface area contributed by atoms with Crippen LogP contribution in [0.25, 0.3) is 10.9 Å². The second kappa shape index (κ2) is 9.34. The van der Waals surface area contributed by atoms with E-state index < -0.39 is 5.91 Å². The van der Waals surface area contributed by atoms with Crippen LogP contribution in [0.5, 0.6) is 11.5 Å². The van der Waals surface area contributed by atoms with E-state index in [1.165, 1.54) is 6.07 Å². The number of carbonyl (C=O) groups is 2. The second-order valence-corrected chi connectivity index (χ2v) is 9.22. The Morgan fingerprint density at radius 2 is 1.91 bits per heavy atom. The molecule has 0 aliphatic carbocycles. The van der Waals surface area contributed by atoms with Gasteiger partial charge in [0.2, 0.25) is 5.91 Å². The van der Waals surface area contributed by atoms with Gasteiger partial charge in [-0.2, -0.15) is 0 Å². The lowest BCUT2D eigenvalue weighted by molar-refractivity contribution is -0.122. The SMILES string of the molecule is COc1ccc2c(c1)c(CCNC(=O)CC(C)(C)C)cn2Cc1ccc(C(N)=O)c(O)c1. The number of methoxy groups -OCH3 is 1. The minimum absolute atomic E-state index is 0.0452. The van der Waals surface area contributed by atoms with Gasteiger partial charge in [0.1, 0.15) is 11.5 Å². The Hall–Kier alpha value is -3.48.